The van der Waals surface area contributed by atoms with Crippen LogP contribution in [0.2, 0.25) is 0 Å². The van der Waals surface area contributed by atoms with Crippen molar-refractivity contribution in [1.29, 1.82) is 0 Å². The van der Waals surface area contributed by atoms with Gasteiger partial charge in [0.25, 0.3) is 0 Å². The fourth-order valence-corrected chi connectivity index (χ4v) is 2.16. The first-order chi connectivity index (χ1) is 8.54. The summed E-state index contributed by atoms with van der Waals surface area (Å²) in [7, 11) is 0. The van der Waals surface area contributed by atoms with Crippen molar-refractivity contribution in [3.63, 3.8) is 0 Å². The number of rotatable bonds is 3. The lowest BCUT2D eigenvalue weighted by molar-refractivity contribution is 0.101. The van der Waals surface area contributed by atoms with Crippen molar-refractivity contribution in [2.24, 2.45) is 0 Å². The SMILES string of the molecule is CC(=O)c1ccc(Sc2nc(N)cc(N)n2)cc1. The van der Waals surface area contributed by atoms with Crippen molar-refractivity contribution in [2.45, 2.75) is 17.0 Å². The number of aromatic nitrogens is 2. The largest absolute Gasteiger partial charge is 0.383 e. The van der Waals surface area contributed by atoms with Crippen LogP contribution in [0.1, 0.15) is 17.3 Å². The molecule has 2 rings (SSSR count). The Labute approximate surface area is 109 Å². The van der Waals surface area contributed by atoms with E-state index in [0.717, 1.165) is 4.90 Å². The molecule has 18 heavy (non-hydrogen) atoms. The molecule has 0 radical (unpaired) electrons. The van der Waals surface area contributed by atoms with E-state index in [1.807, 2.05) is 12.1 Å². The number of carbonyl (C=O) groups excluding carboxylic acids is 1. The van der Waals surface area contributed by atoms with Crippen LogP contribution < -0.4 is 11.5 Å². The first-order valence-corrected chi connectivity index (χ1v) is 6.05. The van der Waals surface area contributed by atoms with Crippen LogP contribution in [-0.4, -0.2) is 15.8 Å². The summed E-state index contributed by atoms with van der Waals surface area (Å²) < 4.78 is 0. The zero-order valence-electron chi connectivity index (χ0n) is 9.75. The van der Waals surface area contributed by atoms with Gasteiger partial charge < -0.3 is 11.5 Å². The molecule has 2 aromatic rings. The Kier molecular flexibility index (Phi) is 3.47. The number of anilines is 2. The number of carbonyl (C=O) groups is 1. The maximum absolute atomic E-state index is 11.1. The molecule has 0 fully saturated rings. The summed E-state index contributed by atoms with van der Waals surface area (Å²) in [4.78, 5) is 20.2. The lowest BCUT2D eigenvalue weighted by atomic mass is 10.2. The number of nitrogens with zero attached hydrogens (tertiary/aromatic N) is 2. The molecule has 0 spiro atoms. The maximum atomic E-state index is 11.1. The molecule has 1 heterocycles. The smallest absolute Gasteiger partial charge is 0.196 e. The molecular formula is C12H12N4OS. The standard InChI is InChI=1S/C12H12N4OS/c1-7(17)8-2-4-9(5-3-8)18-12-15-10(13)6-11(14)16-12/h2-6H,1H3,(H4,13,14,15,16). The summed E-state index contributed by atoms with van der Waals surface area (Å²) in [6, 6.07) is 8.71. The summed E-state index contributed by atoms with van der Waals surface area (Å²) in [5.74, 6) is 0.715. The number of nitrogens with two attached hydrogens (primary N) is 2. The van der Waals surface area contributed by atoms with E-state index >= 15 is 0 Å². The van der Waals surface area contributed by atoms with E-state index in [0.29, 0.717) is 22.4 Å². The van der Waals surface area contributed by atoms with Crippen LogP contribution in [-0.2, 0) is 0 Å². The number of nitrogen functional groups attached to an aromatic ring is 2. The van der Waals surface area contributed by atoms with Crippen molar-refractivity contribution < 1.29 is 4.79 Å². The van der Waals surface area contributed by atoms with E-state index in [1.54, 1.807) is 12.1 Å². The minimum atomic E-state index is 0.0380. The molecule has 6 heteroatoms. The fraction of sp³-hybridized carbons (Fsp3) is 0.0833. The van der Waals surface area contributed by atoms with Gasteiger partial charge in [0.1, 0.15) is 11.6 Å². The molecule has 0 atom stereocenters. The van der Waals surface area contributed by atoms with Gasteiger partial charge in [-0.05, 0) is 30.8 Å². The van der Waals surface area contributed by atoms with Gasteiger partial charge in [0, 0.05) is 16.5 Å². The average Bonchev–Trinajstić information content (AvgIpc) is 2.28. The summed E-state index contributed by atoms with van der Waals surface area (Å²) in [5.41, 5.74) is 11.8. The Morgan fingerprint density at radius 3 is 2.17 bits per heavy atom. The molecule has 0 saturated heterocycles. The highest BCUT2D eigenvalue weighted by Crippen LogP contribution is 2.26. The van der Waals surface area contributed by atoms with E-state index in [-0.39, 0.29) is 5.78 Å². The average molecular weight is 260 g/mol. The van der Waals surface area contributed by atoms with Crippen LogP contribution in [0.4, 0.5) is 11.6 Å². The van der Waals surface area contributed by atoms with Crippen molar-refractivity contribution >= 4 is 29.2 Å². The van der Waals surface area contributed by atoms with Crippen molar-refractivity contribution in [3.05, 3.63) is 35.9 Å². The molecule has 0 unspecified atom stereocenters. The van der Waals surface area contributed by atoms with Crippen molar-refractivity contribution in [1.82, 2.24) is 9.97 Å². The summed E-state index contributed by atoms with van der Waals surface area (Å²) in [6.45, 7) is 1.53. The number of benzene rings is 1. The van der Waals surface area contributed by atoms with Gasteiger partial charge in [-0.1, -0.05) is 12.1 Å². The van der Waals surface area contributed by atoms with Crippen LogP contribution >= 0.6 is 11.8 Å². The second-order valence-corrected chi connectivity index (χ2v) is 4.72. The van der Waals surface area contributed by atoms with Gasteiger partial charge in [0.2, 0.25) is 0 Å². The second-order valence-electron chi connectivity index (χ2n) is 3.68. The highest BCUT2D eigenvalue weighted by molar-refractivity contribution is 7.99. The molecule has 0 amide bonds. The van der Waals surface area contributed by atoms with E-state index in [1.165, 1.54) is 24.8 Å². The van der Waals surface area contributed by atoms with Gasteiger partial charge in [0.05, 0.1) is 0 Å². The predicted octanol–water partition coefficient (Wildman–Crippen LogP) is 1.99. The van der Waals surface area contributed by atoms with Gasteiger partial charge >= 0.3 is 0 Å². The molecule has 0 aliphatic heterocycles. The molecule has 5 nitrogen and oxygen atoms in total. The Morgan fingerprint density at radius 1 is 1.11 bits per heavy atom. The Morgan fingerprint density at radius 2 is 1.67 bits per heavy atom. The van der Waals surface area contributed by atoms with Gasteiger partial charge in [-0.2, -0.15) is 0 Å². The third-order valence-corrected chi connectivity index (χ3v) is 3.09. The van der Waals surface area contributed by atoms with E-state index in [9.17, 15) is 4.79 Å². The van der Waals surface area contributed by atoms with Gasteiger partial charge in [-0.3, -0.25) is 4.79 Å². The molecule has 0 saturated carbocycles. The first-order valence-electron chi connectivity index (χ1n) is 5.23. The minimum Gasteiger partial charge on any atom is -0.383 e. The number of Topliss-reactive ketones (excluding diaryl/α,β-unsaturated/α-hetero) is 1. The third kappa shape index (κ3) is 2.98. The fourth-order valence-electron chi connectivity index (χ4n) is 1.37. The van der Waals surface area contributed by atoms with E-state index in [4.69, 9.17) is 11.5 Å². The molecule has 1 aromatic heterocycles. The van der Waals surface area contributed by atoms with E-state index in [2.05, 4.69) is 9.97 Å². The van der Waals surface area contributed by atoms with Crippen LogP contribution in [0.5, 0.6) is 0 Å². The first kappa shape index (κ1) is 12.4. The molecule has 1 aromatic carbocycles. The molecule has 92 valence electrons. The van der Waals surface area contributed by atoms with Crippen LogP contribution in [0.25, 0.3) is 0 Å². The summed E-state index contributed by atoms with van der Waals surface area (Å²) >= 11 is 1.34. The number of hydrogen-bond acceptors (Lipinski definition) is 6. The highest BCUT2D eigenvalue weighted by Gasteiger charge is 2.04. The van der Waals surface area contributed by atoms with Gasteiger partial charge in [-0.25, -0.2) is 9.97 Å². The number of ketones is 1. The lowest BCUT2D eigenvalue weighted by Crippen LogP contribution is -1.99. The second kappa shape index (κ2) is 5.05. The Bertz CT molecular complexity index is 563. The minimum absolute atomic E-state index is 0.0380. The van der Waals surface area contributed by atoms with Crippen molar-refractivity contribution in [2.75, 3.05) is 11.5 Å². The normalized spacial score (nSPS) is 10.3. The summed E-state index contributed by atoms with van der Waals surface area (Å²) in [6.07, 6.45) is 0. The molecule has 4 N–H and O–H groups in total. The van der Waals surface area contributed by atoms with Crippen LogP contribution in [0, 0.1) is 0 Å². The lowest BCUT2D eigenvalue weighted by Gasteiger charge is -2.03. The Balaban J connectivity index is 2.20. The highest BCUT2D eigenvalue weighted by atomic mass is 32.2. The zero-order chi connectivity index (χ0) is 13.1. The monoisotopic (exact) mass is 260 g/mol. The van der Waals surface area contributed by atoms with E-state index < -0.39 is 0 Å². The topological polar surface area (TPSA) is 94.9 Å². The number of hydrogen-bond donors (Lipinski definition) is 2. The molecule has 0 bridgehead atoms. The van der Waals surface area contributed by atoms with Gasteiger partial charge in [0.15, 0.2) is 10.9 Å². The van der Waals surface area contributed by atoms with Gasteiger partial charge in [-0.15, -0.1) is 0 Å². The third-order valence-electron chi connectivity index (χ3n) is 2.22. The van der Waals surface area contributed by atoms with Crippen LogP contribution in [0.15, 0.2) is 40.4 Å². The quantitative estimate of drug-likeness (QED) is 0.647. The predicted molar refractivity (Wildman–Crippen MR) is 71.4 cm³/mol. The molecule has 0 aliphatic carbocycles. The summed E-state index contributed by atoms with van der Waals surface area (Å²) in [5, 5.41) is 0.489. The molecular weight excluding hydrogens is 248 g/mol. The van der Waals surface area contributed by atoms with Crippen molar-refractivity contribution in [3.8, 4) is 0 Å². The molecule has 0 aliphatic rings. The van der Waals surface area contributed by atoms with Crippen LogP contribution in [0.3, 0.4) is 0 Å². The maximum Gasteiger partial charge on any atom is 0.196 e. The zero-order valence-corrected chi connectivity index (χ0v) is 10.6. The Hall–Kier alpha value is -2.08.